The van der Waals surface area contributed by atoms with Crippen molar-refractivity contribution >= 4 is 5.97 Å². The Morgan fingerprint density at radius 1 is 1.24 bits per heavy atom. The van der Waals surface area contributed by atoms with Crippen LogP contribution in [0.15, 0.2) is 0 Å². The van der Waals surface area contributed by atoms with Crippen LogP contribution < -0.4 is 5.32 Å². The van der Waals surface area contributed by atoms with Crippen molar-refractivity contribution in [2.24, 2.45) is 0 Å². The van der Waals surface area contributed by atoms with Crippen molar-refractivity contribution in [2.75, 3.05) is 20.2 Å². The van der Waals surface area contributed by atoms with Crippen molar-refractivity contribution in [1.29, 1.82) is 0 Å². The fourth-order valence-corrected chi connectivity index (χ4v) is 2.88. The van der Waals surface area contributed by atoms with Gasteiger partial charge in [0.2, 0.25) is 0 Å². The molecule has 21 heavy (non-hydrogen) atoms. The van der Waals surface area contributed by atoms with Gasteiger partial charge in [0.15, 0.2) is 0 Å². The molecule has 0 amide bonds. The molecular formula is C17H36N2O2. The number of hydrogen-bond donors (Lipinski definition) is 1. The smallest absolute Gasteiger partial charge is 0.326 e. The predicted octanol–water partition coefficient (Wildman–Crippen LogP) is 3.21. The number of rotatable bonds is 11. The lowest BCUT2D eigenvalue weighted by Gasteiger charge is -2.37. The molecule has 1 N–H and O–H groups in total. The summed E-state index contributed by atoms with van der Waals surface area (Å²) in [5, 5.41) is 3.39. The van der Waals surface area contributed by atoms with E-state index >= 15 is 0 Å². The van der Waals surface area contributed by atoms with E-state index in [0.29, 0.717) is 18.7 Å². The van der Waals surface area contributed by atoms with Crippen molar-refractivity contribution < 1.29 is 9.53 Å². The highest BCUT2D eigenvalue weighted by Crippen LogP contribution is 2.21. The summed E-state index contributed by atoms with van der Waals surface area (Å²) in [5.74, 6) is -0.136. The average molecular weight is 300 g/mol. The zero-order chi connectivity index (χ0) is 16.5. The van der Waals surface area contributed by atoms with E-state index in [1.54, 1.807) is 0 Å². The molecule has 0 aliphatic rings. The van der Waals surface area contributed by atoms with Crippen LogP contribution in [-0.4, -0.2) is 48.7 Å². The number of carbonyl (C=O) groups is 1. The van der Waals surface area contributed by atoms with E-state index in [-0.39, 0.29) is 5.97 Å². The summed E-state index contributed by atoms with van der Waals surface area (Å²) < 4.78 is 5.28. The van der Waals surface area contributed by atoms with Gasteiger partial charge in [-0.1, -0.05) is 20.8 Å². The van der Waals surface area contributed by atoms with Crippen molar-refractivity contribution in [1.82, 2.24) is 10.2 Å². The summed E-state index contributed by atoms with van der Waals surface area (Å²) in [4.78, 5) is 14.7. The minimum absolute atomic E-state index is 0.136. The summed E-state index contributed by atoms with van der Waals surface area (Å²) >= 11 is 0. The molecule has 0 radical (unpaired) electrons. The quantitative estimate of drug-likeness (QED) is 0.595. The van der Waals surface area contributed by atoms with Crippen molar-refractivity contribution in [2.45, 2.75) is 84.8 Å². The Morgan fingerprint density at radius 2 is 1.81 bits per heavy atom. The van der Waals surface area contributed by atoms with Crippen LogP contribution in [0.2, 0.25) is 0 Å². The van der Waals surface area contributed by atoms with Gasteiger partial charge in [0.05, 0.1) is 6.61 Å². The Morgan fingerprint density at radius 3 is 2.24 bits per heavy atom. The maximum absolute atomic E-state index is 12.3. The molecule has 0 saturated carbocycles. The first kappa shape index (κ1) is 20.4. The summed E-state index contributed by atoms with van der Waals surface area (Å²) in [6, 6.07) is 0.895. The van der Waals surface area contributed by atoms with E-state index in [4.69, 9.17) is 4.74 Å². The molecular weight excluding hydrogens is 264 g/mol. The second kappa shape index (κ2) is 10.2. The number of hydrogen-bond acceptors (Lipinski definition) is 4. The predicted molar refractivity (Wildman–Crippen MR) is 89.5 cm³/mol. The van der Waals surface area contributed by atoms with E-state index in [0.717, 1.165) is 32.2 Å². The molecule has 4 heteroatoms. The van der Waals surface area contributed by atoms with E-state index in [2.05, 4.69) is 45.0 Å². The van der Waals surface area contributed by atoms with Crippen molar-refractivity contribution in [3.05, 3.63) is 0 Å². The van der Waals surface area contributed by atoms with Gasteiger partial charge < -0.3 is 15.0 Å². The van der Waals surface area contributed by atoms with Crippen LogP contribution in [-0.2, 0) is 9.53 Å². The molecule has 0 fully saturated rings. The molecule has 0 aromatic heterocycles. The monoisotopic (exact) mass is 300 g/mol. The molecule has 2 unspecified atom stereocenters. The molecule has 0 aliphatic carbocycles. The lowest BCUT2D eigenvalue weighted by atomic mass is 9.91. The molecule has 0 aromatic rings. The molecule has 0 heterocycles. The van der Waals surface area contributed by atoms with Gasteiger partial charge in [-0.3, -0.25) is 4.79 Å². The fourth-order valence-electron chi connectivity index (χ4n) is 2.88. The Labute approximate surface area is 131 Å². The highest BCUT2D eigenvalue weighted by molar-refractivity contribution is 5.80. The Balaban J connectivity index is 4.90. The van der Waals surface area contributed by atoms with Crippen LogP contribution in [0.1, 0.15) is 67.2 Å². The minimum atomic E-state index is -0.605. The van der Waals surface area contributed by atoms with Crippen LogP contribution in [0.4, 0.5) is 0 Å². The topological polar surface area (TPSA) is 41.6 Å². The van der Waals surface area contributed by atoms with Gasteiger partial charge in [-0.05, 0) is 60.0 Å². The van der Waals surface area contributed by atoms with Crippen LogP contribution >= 0.6 is 0 Å². The van der Waals surface area contributed by atoms with E-state index in [1.165, 1.54) is 0 Å². The number of esters is 1. The third-order valence-electron chi connectivity index (χ3n) is 4.41. The summed E-state index contributed by atoms with van der Waals surface area (Å²) in [5.41, 5.74) is -0.605. The van der Waals surface area contributed by atoms with Gasteiger partial charge in [0, 0.05) is 12.1 Å². The third-order valence-corrected chi connectivity index (χ3v) is 4.41. The first-order chi connectivity index (χ1) is 9.86. The molecule has 126 valence electrons. The van der Waals surface area contributed by atoms with Crippen molar-refractivity contribution in [3.63, 3.8) is 0 Å². The number of nitrogens with zero attached hydrogens (tertiary/aromatic N) is 1. The van der Waals surface area contributed by atoms with Gasteiger partial charge in [-0.25, -0.2) is 0 Å². The SMILES string of the molecule is CCCNC(C)(CC(C)N(C)C(CC)CC)C(=O)OCC. The Kier molecular flexibility index (Phi) is 9.88. The average Bonchev–Trinajstić information content (AvgIpc) is 2.46. The molecule has 0 rings (SSSR count). The Hall–Kier alpha value is -0.610. The normalized spacial score (nSPS) is 16.0. The first-order valence-corrected chi connectivity index (χ1v) is 8.50. The zero-order valence-electron chi connectivity index (χ0n) is 15.2. The second-order valence-corrected chi connectivity index (χ2v) is 6.17. The Bertz CT molecular complexity index is 293. The molecule has 0 aliphatic heterocycles. The third kappa shape index (κ3) is 6.35. The van der Waals surface area contributed by atoms with Crippen LogP contribution in [0, 0.1) is 0 Å². The lowest BCUT2D eigenvalue weighted by Crippen LogP contribution is -2.55. The minimum Gasteiger partial charge on any atom is -0.465 e. The van der Waals surface area contributed by atoms with Gasteiger partial charge in [0.1, 0.15) is 5.54 Å². The zero-order valence-corrected chi connectivity index (χ0v) is 15.2. The molecule has 0 bridgehead atoms. The van der Waals surface area contributed by atoms with Crippen LogP contribution in [0.5, 0.6) is 0 Å². The highest BCUT2D eigenvalue weighted by Gasteiger charge is 2.37. The molecule has 4 nitrogen and oxygen atoms in total. The molecule has 0 aromatic carbocycles. The standard InChI is InChI=1S/C17H36N2O2/c1-8-12-18-17(6,16(20)21-11-4)13-14(5)19(7)15(9-2)10-3/h14-15,18H,8-13H2,1-7H3. The van der Waals surface area contributed by atoms with Gasteiger partial charge in [-0.2, -0.15) is 0 Å². The summed E-state index contributed by atoms with van der Waals surface area (Å²) in [6.07, 6.45) is 4.04. The molecule has 0 spiro atoms. The van der Waals surface area contributed by atoms with Crippen molar-refractivity contribution in [3.8, 4) is 0 Å². The number of carbonyl (C=O) groups excluding carboxylic acids is 1. The lowest BCUT2D eigenvalue weighted by molar-refractivity contribution is -0.151. The van der Waals surface area contributed by atoms with E-state index in [9.17, 15) is 4.79 Å². The number of ether oxygens (including phenoxy) is 1. The summed E-state index contributed by atoms with van der Waals surface area (Å²) in [7, 11) is 2.16. The molecule has 2 atom stereocenters. The maximum atomic E-state index is 12.3. The van der Waals surface area contributed by atoms with Crippen LogP contribution in [0.25, 0.3) is 0 Å². The summed E-state index contributed by atoms with van der Waals surface area (Å²) in [6.45, 7) is 13.8. The van der Waals surface area contributed by atoms with Gasteiger partial charge >= 0.3 is 5.97 Å². The molecule has 0 saturated heterocycles. The number of nitrogens with one attached hydrogen (secondary N) is 1. The van der Waals surface area contributed by atoms with Gasteiger partial charge in [0.25, 0.3) is 0 Å². The fraction of sp³-hybridized carbons (Fsp3) is 0.941. The van der Waals surface area contributed by atoms with Gasteiger partial charge in [-0.15, -0.1) is 0 Å². The first-order valence-electron chi connectivity index (χ1n) is 8.50. The highest BCUT2D eigenvalue weighted by atomic mass is 16.5. The van der Waals surface area contributed by atoms with E-state index in [1.807, 2.05) is 13.8 Å². The largest absolute Gasteiger partial charge is 0.465 e. The van der Waals surface area contributed by atoms with E-state index < -0.39 is 5.54 Å². The maximum Gasteiger partial charge on any atom is 0.326 e. The second-order valence-electron chi connectivity index (χ2n) is 6.17. The van der Waals surface area contributed by atoms with Crippen LogP contribution in [0.3, 0.4) is 0 Å².